The van der Waals surface area contributed by atoms with Crippen LogP contribution in [0.25, 0.3) is 0 Å². The highest BCUT2D eigenvalue weighted by Crippen LogP contribution is 2.26. The van der Waals surface area contributed by atoms with Crippen molar-refractivity contribution in [2.45, 2.75) is 0 Å². The average Bonchev–Trinajstić information content (AvgIpc) is 2.20. The predicted octanol–water partition coefficient (Wildman–Crippen LogP) is 2.24. The molecule has 6 heteroatoms. The van der Waals surface area contributed by atoms with Gasteiger partial charge in [0.05, 0.1) is 11.3 Å². The summed E-state index contributed by atoms with van der Waals surface area (Å²) in [6.45, 7) is 0. The Bertz CT molecular complexity index is 432. The molecule has 0 saturated heterocycles. The maximum Gasteiger partial charge on any atom is 0.337 e. The molecule has 0 unspecified atom stereocenters. The lowest BCUT2D eigenvalue weighted by molar-refractivity contribution is 0.0698. The second-order valence-corrected chi connectivity index (χ2v) is 4.15. The molecular formula is C10H11BrN2O3. The fraction of sp³-hybridized carbons (Fsp3) is 0.200. The Morgan fingerprint density at radius 1 is 1.38 bits per heavy atom. The van der Waals surface area contributed by atoms with E-state index in [1.165, 1.54) is 11.0 Å². The van der Waals surface area contributed by atoms with Gasteiger partial charge in [-0.05, 0) is 28.1 Å². The maximum atomic E-state index is 11.4. The number of urea groups is 1. The zero-order valence-corrected chi connectivity index (χ0v) is 10.4. The van der Waals surface area contributed by atoms with E-state index in [1.807, 2.05) is 0 Å². The maximum absolute atomic E-state index is 11.4. The molecule has 0 radical (unpaired) electrons. The van der Waals surface area contributed by atoms with Crippen LogP contribution in [0.15, 0.2) is 22.7 Å². The van der Waals surface area contributed by atoms with Crippen molar-refractivity contribution in [3.63, 3.8) is 0 Å². The van der Waals surface area contributed by atoms with Crippen molar-refractivity contribution in [3.05, 3.63) is 28.2 Å². The highest BCUT2D eigenvalue weighted by Gasteiger charge is 2.15. The molecule has 1 aromatic carbocycles. The Kier molecular flexibility index (Phi) is 3.89. The van der Waals surface area contributed by atoms with E-state index in [0.29, 0.717) is 4.47 Å². The van der Waals surface area contributed by atoms with Crippen LogP contribution in [-0.2, 0) is 0 Å². The molecule has 0 aromatic heterocycles. The number of nitrogens with one attached hydrogen (secondary N) is 1. The molecule has 0 aliphatic heterocycles. The number of amides is 2. The number of carbonyl (C=O) groups is 2. The second-order valence-electron chi connectivity index (χ2n) is 3.29. The summed E-state index contributed by atoms with van der Waals surface area (Å²) >= 11 is 3.20. The number of para-hydroxylation sites is 1. The summed E-state index contributed by atoms with van der Waals surface area (Å²) in [5.41, 5.74) is 0.304. The lowest BCUT2D eigenvalue weighted by atomic mass is 10.2. The van der Waals surface area contributed by atoms with Gasteiger partial charge < -0.3 is 15.3 Å². The zero-order chi connectivity index (χ0) is 12.3. The lowest BCUT2D eigenvalue weighted by Crippen LogP contribution is -2.28. The normalized spacial score (nSPS) is 9.69. The summed E-state index contributed by atoms with van der Waals surface area (Å²) in [5.74, 6) is -1.09. The van der Waals surface area contributed by atoms with Crippen LogP contribution in [0.1, 0.15) is 10.4 Å². The summed E-state index contributed by atoms with van der Waals surface area (Å²) in [6, 6.07) is 4.31. The number of carbonyl (C=O) groups excluding carboxylic acids is 1. The minimum atomic E-state index is -1.09. The van der Waals surface area contributed by atoms with Crippen molar-refractivity contribution in [1.82, 2.24) is 4.90 Å². The molecule has 0 saturated carbocycles. The first kappa shape index (κ1) is 12.5. The van der Waals surface area contributed by atoms with Crippen molar-refractivity contribution < 1.29 is 14.7 Å². The molecule has 0 atom stereocenters. The quantitative estimate of drug-likeness (QED) is 0.876. The molecule has 0 aliphatic rings. The van der Waals surface area contributed by atoms with Crippen LogP contribution in [0.2, 0.25) is 0 Å². The summed E-state index contributed by atoms with van der Waals surface area (Å²) in [7, 11) is 3.15. The average molecular weight is 287 g/mol. The lowest BCUT2D eigenvalue weighted by Gasteiger charge is -2.14. The third-order valence-electron chi connectivity index (χ3n) is 1.88. The van der Waals surface area contributed by atoms with Gasteiger partial charge >= 0.3 is 12.0 Å². The van der Waals surface area contributed by atoms with E-state index in [2.05, 4.69) is 21.2 Å². The number of benzene rings is 1. The van der Waals surface area contributed by atoms with Gasteiger partial charge in [-0.1, -0.05) is 6.07 Å². The minimum absolute atomic E-state index is 0.0459. The highest BCUT2D eigenvalue weighted by molar-refractivity contribution is 9.10. The van der Waals surface area contributed by atoms with E-state index < -0.39 is 5.97 Å². The monoisotopic (exact) mass is 286 g/mol. The van der Waals surface area contributed by atoms with Gasteiger partial charge in [-0.15, -0.1) is 0 Å². The molecule has 2 N–H and O–H groups in total. The number of carboxylic acids is 1. The number of rotatable bonds is 2. The Hall–Kier alpha value is -1.56. The first-order chi connectivity index (χ1) is 7.43. The summed E-state index contributed by atoms with van der Waals surface area (Å²) < 4.78 is 0.530. The highest BCUT2D eigenvalue weighted by atomic mass is 79.9. The van der Waals surface area contributed by atoms with Gasteiger partial charge in [0.25, 0.3) is 0 Å². The molecule has 0 aliphatic carbocycles. The van der Waals surface area contributed by atoms with Crippen LogP contribution in [0.3, 0.4) is 0 Å². The molecule has 1 aromatic rings. The molecule has 0 heterocycles. The molecule has 0 bridgehead atoms. The number of aromatic carboxylic acids is 1. The third kappa shape index (κ3) is 2.73. The molecular weight excluding hydrogens is 276 g/mol. The Balaban J connectivity index is 3.11. The standard InChI is InChI=1S/C10H11BrN2O3/c1-13(2)10(16)12-8-6(9(14)15)4-3-5-7(8)11/h3-5H,1-2H3,(H,12,16)(H,14,15). The number of nitrogens with zero attached hydrogens (tertiary/aromatic N) is 1. The van der Waals surface area contributed by atoms with E-state index in [9.17, 15) is 9.59 Å². The van der Waals surface area contributed by atoms with Crippen LogP contribution >= 0.6 is 15.9 Å². The van der Waals surface area contributed by atoms with Crippen molar-refractivity contribution in [1.29, 1.82) is 0 Å². The molecule has 5 nitrogen and oxygen atoms in total. The van der Waals surface area contributed by atoms with E-state index >= 15 is 0 Å². The molecule has 0 spiro atoms. The fourth-order valence-corrected chi connectivity index (χ4v) is 1.51. The first-order valence-electron chi connectivity index (χ1n) is 4.43. The SMILES string of the molecule is CN(C)C(=O)Nc1c(Br)cccc1C(=O)O. The van der Waals surface area contributed by atoms with Gasteiger partial charge in [0.15, 0.2) is 0 Å². The number of hydrogen-bond acceptors (Lipinski definition) is 2. The van der Waals surface area contributed by atoms with E-state index in [1.54, 1.807) is 26.2 Å². The van der Waals surface area contributed by atoms with Crippen LogP contribution in [-0.4, -0.2) is 36.1 Å². The fourth-order valence-electron chi connectivity index (χ4n) is 1.05. The van der Waals surface area contributed by atoms with Crippen molar-refractivity contribution in [3.8, 4) is 0 Å². The molecule has 2 amide bonds. The Morgan fingerprint density at radius 2 is 2.00 bits per heavy atom. The topological polar surface area (TPSA) is 69.6 Å². The largest absolute Gasteiger partial charge is 0.478 e. The predicted molar refractivity (Wildman–Crippen MR) is 63.8 cm³/mol. The summed E-state index contributed by atoms with van der Waals surface area (Å²) in [4.78, 5) is 23.7. The Morgan fingerprint density at radius 3 is 2.50 bits per heavy atom. The number of hydrogen-bond donors (Lipinski definition) is 2. The van der Waals surface area contributed by atoms with Crippen molar-refractivity contribution >= 4 is 33.6 Å². The van der Waals surface area contributed by atoms with E-state index in [-0.39, 0.29) is 17.3 Å². The first-order valence-corrected chi connectivity index (χ1v) is 5.23. The molecule has 0 fully saturated rings. The summed E-state index contributed by atoms with van der Waals surface area (Å²) in [6.07, 6.45) is 0. The van der Waals surface area contributed by atoms with Crippen LogP contribution in [0.4, 0.5) is 10.5 Å². The Labute approximate surface area is 101 Å². The van der Waals surface area contributed by atoms with Gasteiger partial charge in [0.1, 0.15) is 0 Å². The minimum Gasteiger partial charge on any atom is -0.478 e. The number of anilines is 1. The summed E-state index contributed by atoms with van der Waals surface area (Å²) in [5, 5.41) is 11.5. The van der Waals surface area contributed by atoms with Crippen molar-refractivity contribution in [2.24, 2.45) is 0 Å². The van der Waals surface area contributed by atoms with Gasteiger partial charge in [-0.3, -0.25) is 0 Å². The molecule has 86 valence electrons. The van der Waals surface area contributed by atoms with Crippen LogP contribution in [0, 0.1) is 0 Å². The smallest absolute Gasteiger partial charge is 0.337 e. The van der Waals surface area contributed by atoms with Gasteiger partial charge in [-0.25, -0.2) is 9.59 Å². The molecule has 16 heavy (non-hydrogen) atoms. The van der Waals surface area contributed by atoms with E-state index in [4.69, 9.17) is 5.11 Å². The van der Waals surface area contributed by atoms with Gasteiger partial charge in [0, 0.05) is 18.6 Å². The van der Waals surface area contributed by atoms with Gasteiger partial charge in [-0.2, -0.15) is 0 Å². The van der Waals surface area contributed by atoms with Crippen LogP contribution in [0.5, 0.6) is 0 Å². The number of carboxylic acid groups (broad SMARTS) is 1. The zero-order valence-electron chi connectivity index (χ0n) is 8.82. The third-order valence-corrected chi connectivity index (χ3v) is 2.54. The molecule has 1 rings (SSSR count). The van der Waals surface area contributed by atoms with E-state index in [0.717, 1.165) is 0 Å². The van der Waals surface area contributed by atoms with Gasteiger partial charge in [0.2, 0.25) is 0 Å². The number of halogens is 1. The van der Waals surface area contributed by atoms with Crippen LogP contribution < -0.4 is 5.32 Å². The van der Waals surface area contributed by atoms with Crippen molar-refractivity contribution in [2.75, 3.05) is 19.4 Å². The second kappa shape index (κ2) is 4.98.